The second-order valence-corrected chi connectivity index (χ2v) is 5.20. The Morgan fingerprint density at radius 1 is 1.00 bits per heavy atom. The van der Waals surface area contributed by atoms with Crippen molar-refractivity contribution in [1.29, 1.82) is 0 Å². The minimum Gasteiger partial charge on any atom is -0.478 e. The van der Waals surface area contributed by atoms with E-state index in [4.69, 9.17) is 5.11 Å². The van der Waals surface area contributed by atoms with Crippen LogP contribution in [0.25, 0.3) is 0 Å². The van der Waals surface area contributed by atoms with Crippen LogP contribution in [0, 0.1) is 0 Å². The Bertz CT molecular complexity index is 687. The van der Waals surface area contributed by atoms with Crippen LogP contribution in [0.3, 0.4) is 0 Å². The van der Waals surface area contributed by atoms with Crippen LogP contribution < -0.4 is 5.32 Å². The third-order valence-corrected chi connectivity index (χ3v) is 3.61. The number of amides is 1. The van der Waals surface area contributed by atoms with E-state index in [1.165, 1.54) is 12.1 Å². The van der Waals surface area contributed by atoms with Crippen LogP contribution in [0.15, 0.2) is 48.5 Å². The Morgan fingerprint density at radius 2 is 1.67 bits per heavy atom. The van der Waals surface area contributed by atoms with Gasteiger partial charge in [-0.25, -0.2) is 4.79 Å². The summed E-state index contributed by atoms with van der Waals surface area (Å²) in [7, 11) is 0. The molecule has 21 heavy (non-hydrogen) atoms. The van der Waals surface area contributed by atoms with Crippen LogP contribution >= 0.6 is 0 Å². The van der Waals surface area contributed by atoms with Crippen LogP contribution in [-0.2, 0) is 0 Å². The normalized spacial score (nSPS) is 13.7. The van der Waals surface area contributed by atoms with Crippen LogP contribution in [0.1, 0.15) is 45.0 Å². The molecule has 1 aliphatic rings. The molecule has 2 aromatic carbocycles. The van der Waals surface area contributed by atoms with Gasteiger partial charge in [0.25, 0.3) is 5.91 Å². The number of carbonyl (C=O) groups excluding carboxylic acids is 1. The van der Waals surface area contributed by atoms with Gasteiger partial charge < -0.3 is 10.4 Å². The number of carboxylic acid groups (broad SMARTS) is 1. The highest BCUT2D eigenvalue weighted by Gasteiger charge is 2.27. The summed E-state index contributed by atoms with van der Waals surface area (Å²) in [6, 6.07) is 13.8. The van der Waals surface area contributed by atoms with E-state index in [9.17, 15) is 9.59 Å². The minimum atomic E-state index is -0.980. The number of rotatable bonds is 4. The molecule has 1 saturated carbocycles. The molecule has 0 atom stereocenters. The zero-order valence-corrected chi connectivity index (χ0v) is 11.4. The summed E-state index contributed by atoms with van der Waals surface area (Å²) in [5, 5.41) is 11.7. The molecule has 106 valence electrons. The monoisotopic (exact) mass is 281 g/mol. The summed E-state index contributed by atoms with van der Waals surface area (Å²) in [4.78, 5) is 23.2. The van der Waals surface area contributed by atoms with E-state index in [-0.39, 0.29) is 11.5 Å². The average Bonchev–Trinajstić information content (AvgIpc) is 3.32. The molecule has 0 aromatic heterocycles. The highest BCUT2D eigenvalue weighted by atomic mass is 16.4. The summed E-state index contributed by atoms with van der Waals surface area (Å²) >= 11 is 0. The summed E-state index contributed by atoms with van der Waals surface area (Å²) in [5.74, 6) is -0.631. The predicted octanol–water partition coefficient (Wildman–Crippen LogP) is 3.51. The van der Waals surface area contributed by atoms with Gasteiger partial charge in [-0.2, -0.15) is 0 Å². The molecule has 0 saturated heterocycles. The van der Waals surface area contributed by atoms with Gasteiger partial charge in [-0.05, 0) is 54.7 Å². The van der Waals surface area contributed by atoms with Crippen molar-refractivity contribution in [3.63, 3.8) is 0 Å². The van der Waals surface area contributed by atoms with Gasteiger partial charge in [0.05, 0.1) is 5.56 Å². The summed E-state index contributed by atoms with van der Waals surface area (Å²) < 4.78 is 0. The first-order valence-corrected chi connectivity index (χ1v) is 6.89. The first-order chi connectivity index (χ1) is 10.1. The molecular formula is C17H15NO3. The molecule has 0 spiro atoms. The standard InChI is InChI=1S/C17H15NO3/c19-16(15-4-2-1-3-14(15)11-5-6-11)18-13-9-7-12(8-10-13)17(20)21/h1-4,7-11H,5-6H2,(H,18,19)(H,20,21). The molecule has 0 aliphatic heterocycles. The Morgan fingerprint density at radius 3 is 2.29 bits per heavy atom. The van der Waals surface area contributed by atoms with Crippen molar-refractivity contribution in [3.05, 3.63) is 65.2 Å². The maximum absolute atomic E-state index is 12.4. The molecule has 0 bridgehead atoms. The Labute approximate surface area is 122 Å². The van der Waals surface area contributed by atoms with Gasteiger partial charge in [0.2, 0.25) is 0 Å². The molecule has 4 nitrogen and oxygen atoms in total. The first kappa shape index (κ1) is 13.4. The number of benzene rings is 2. The fourth-order valence-electron chi connectivity index (χ4n) is 2.35. The van der Waals surface area contributed by atoms with Crippen LogP contribution in [-0.4, -0.2) is 17.0 Å². The molecule has 0 heterocycles. The van der Waals surface area contributed by atoms with Crippen LogP contribution in [0.2, 0.25) is 0 Å². The Hall–Kier alpha value is -2.62. The molecule has 2 aromatic rings. The van der Waals surface area contributed by atoms with Crippen LogP contribution in [0.4, 0.5) is 5.69 Å². The van der Waals surface area contributed by atoms with E-state index in [0.717, 1.165) is 18.4 Å². The van der Waals surface area contributed by atoms with Crippen molar-refractivity contribution in [3.8, 4) is 0 Å². The SMILES string of the molecule is O=C(O)c1ccc(NC(=O)c2ccccc2C2CC2)cc1. The van der Waals surface area contributed by atoms with Crippen molar-refractivity contribution >= 4 is 17.6 Å². The highest BCUT2D eigenvalue weighted by Crippen LogP contribution is 2.41. The Balaban J connectivity index is 1.78. The number of carboxylic acids is 1. The molecule has 0 radical (unpaired) electrons. The summed E-state index contributed by atoms with van der Waals surface area (Å²) in [6.07, 6.45) is 2.27. The van der Waals surface area contributed by atoms with Crippen molar-refractivity contribution in [2.24, 2.45) is 0 Å². The van der Waals surface area contributed by atoms with Gasteiger partial charge in [-0.1, -0.05) is 18.2 Å². The maximum atomic E-state index is 12.4. The smallest absolute Gasteiger partial charge is 0.335 e. The maximum Gasteiger partial charge on any atom is 0.335 e. The molecule has 0 unspecified atom stereocenters. The molecule has 2 N–H and O–H groups in total. The second kappa shape index (κ2) is 5.40. The number of hydrogen-bond acceptors (Lipinski definition) is 2. The lowest BCUT2D eigenvalue weighted by atomic mass is 10.0. The lowest BCUT2D eigenvalue weighted by Crippen LogP contribution is -2.14. The van der Waals surface area contributed by atoms with Gasteiger partial charge in [0.1, 0.15) is 0 Å². The summed E-state index contributed by atoms with van der Waals surface area (Å²) in [5.41, 5.74) is 2.58. The van der Waals surface area contributed by atoms with Crippen molar-refractivity contribution in [2.45, 2.75) is 18.8 Å². The average molecular weight is 281 g/mol. The largest absolute Gasteiger partial charge is 0.478 e. The van der Waals surface area contributed by atoms with Crippen molar-refractivity contribution < 1.29 is 14.7 Å². The van der Waals surface area contributed by atoms with Gasteiger partial charge in [-0.3, -0.25) is 4.79 Å². The fraction of sp³-hybridized carbons (Fsp3) is 0.176. The van der Waals surface area contributed by atoms with Crippen molar-refractivity contribution in [2.75, 3.05) is 5.32 Å². The van der Waals surface area contributed by atoms with Gasteiger partial charge >= 0.3 is 5.97 Å². The zero-order chi connectivity index (χ0) is 14.8. The third-order valence-electron chi connectivity index (χ3n) is 3.61. The number of carbonyl (C=O) groups is 2. The quantitative estimate of drug-likeness (QED) is 0.901. The minimum absolute atomic E-state index is 0.152. The molecule has 4 heteroatoms. The van der Waals surface area contributed by atoms with E-state index in [0.29, 0.717) is 17.2 Å². The van der Waals surface area contributed by atoms with E-state index < -0.39 is 5.97 Å². The van der Waals surface area contributed by atoms with E-state index in [1.54, 1.807) is 12.1 Å². The topological polar surface area (TPSA) is 66.4 Å². The summed E-state index contributed by atoms with van der Waals surface area (Å²) in [6.45, 7) is 0. The number of aromatic carboxylic acids is 1. The predicted molar refractivity (Wildman–Crippen MR) is 79.8 cm³/mol. The lowest BCUT2D eigenvalue weighted by molar-refractivity contribution is 0.0696. The number of anilines is 1. The van der Waals surface area contributed by atoms with E-state index in [2.05, 4.69) is 5.32 Å². The van der Waals surface area contributed by atoms with Crippen molar-refractivity contribution in [1.82, 2.24) is 0 Å². The second-order valence-electron chi connectivity index (χ2n) is 5.20. The van der Waals surface area contributed by atoms with Gasteiger partial charge in [-0.15, -0.1) is 0 Å². The van der Waals surface area contributed by atoms with Gasteiger partial charge in [0.15, 0.2) is 0 Å². The molecule has 1 fully saturated rings. The lowest BCUT2D eigenvalue weighted by Gasteiger charge is -2.09. The Kier molecular flexibility index (Phi) is 3.44. The van der Waals surface area contributed by atoms with E-state index in [1.807, 2.05) is 24.3 Å². The number of hydrogen-bond donors (Lipinski definition) is 2. The molecule has 3 rings (SSSR count). The highest BCUT2D eigenvalue weighted by molar-refractivity contribution is 6.05. The zero-order valence-electron chi connectivity index (χ0n) is 11.4. The first-order valence-electron chi connectivity index (χ1n) is 6.89. The molecule has 1 aliphatic carbocycles. The molecular weight excluding hydrogens is 266 g/mol. The fourth-order valence-corrected chi connectivity index (χ4v) is 2.35. The third kappa shape index (κ3) is 2.94. The van der Waals surface area contributed by atoms with E-state index >= 15 is 0 Å². The molecule has 1 amide bonds. The number of nitrogens with one attached hydrogen (secondary N) is 1. The van der Waals surface area contributed by atoms with Gasteiger partial charge in [0, 0.05) is 11.3 Å². The van der Waals surface area contributed by atoms with Crippen LogP contribution in [0.5, 0.6) is 0 Å².